The van der Waals surface area contributed by atoms with Crippen LogP contribution in [0.4, 0.5) is 5.69 Å². The van der Waals surface area contributed by atoms with Gasteiger partial charge in [-0.15, -0.1) is 11.8 Å². The predicted molar refractivity (Wildman–Crippen MR) is 82.9 cm³/mol. The first kappa shape index (κ1) is 12.5. The van der Waals surface area contributed by atoms with E-state index < -0.39 is 0 Å². The number of rotatable bonds is 2. The molecule has 1 unspecified atom stereocenters. The molecule has 3 aromatic rings. The van der Waals surface area contributed by atoms with Crippen molar-refractivity contribution in [2.45, 2.75) is 16.6 Å². The fourth-order valence-corrected chi connectivity index (χ4v) is 3.66. The van der Waals surface area contributed by atoms with E-state index in [0.29, 0.717) is 11.7 Å². The molecule has 21 heavy (non-hydrogen) atoms. The minimum atomic E-state index is 0.206. The van der Waals surface area contributed by atoms with E-state index in [1.807, 2.05) is 24.3 Å². The van der Waals surface area contributed by atoms with Gasteiger partial charge < -0.3 is 10.3 Å². The summed E-state index contributed by atoms with van der Waals surface area (Å²) in [6.07, 6.45) is 0.935. The summed E-state index contributed by atoms with van der Waals surface area (Å²) in [4.78, 5) is 5.84. The van der Waals surface area contributed by atoms with Gasteiger partial charge in [0.05, 0.1) is 5.25 Å². The van der Waals surface area contributed by atoms with Crippen LogP contribution in [0.15, 0.2) is 57.9 Å². The summed E-state index contributed by atoms with van der Waals surface area (Å²) in [6, 6.07) is 15.9. The van der Waals surface area contributed by atoms with E-state index in [1.165, 1.54) is 10.5 Å². The average molecular weight is 295 g/mol. The van der Waals surface area contributed by atoms with Gasteiger partial charge in [0.2, 0.25) is 11.7 Å². The number of aromatic nitrogens is 2. The van der Waals surface area contributed by atoms with Crippen LogP contribution in [0.3, 0.4) is 0 Å². The van der Waals surface area contributed by atoms with E-state index in [0.717, 1.165) is 17.7 Å². The Balaban J connectivity index is 1.60. The molecule has 0 saturated carbocycles. The molecule has 0 radical (unpaired) electrons. The highest BCUT2D eigenvalue weighted by molar-refractivity contribution is 7.99. The summed E-state index contributed by atoms with van der Waals surface area (Å²) in [6.45, 7) is 0. The molecule has 2 heterocycles. The van der Waals surface area contributed by atoms with Crippen LogP contribution < -0.4 is 5.73 Å². The second-order valence-electron chi connectivity index (χ2n) is 5.00. The van der Waals surface area contributed by atoms with E-state index in [-0.39, 0.29) is 5.25 Å². The molecule has 0 saturated heterocycles. The number of anilines is 1. The topological polar surface area (TPSA) is 64.9 Å². The largest absolute Gasteiger partial charge is 0.399 e. The number of hydrogen-bond donors (Lipinski definition) is 1. The van der Waals surface area contributed by atoms with Crippen molar-refractivity contribution < 1.29 is 4.52 Å². The van der Waals surface area contributed by atoms with Gasteiger partial charge in [0, 0.05) is 16.1 Å². The molecule has 1 aliphatic rings. The Morgan fingerprint density at radius 2 is 1.90 bits per heavy atom. The average Bonchev–Trinajstić information content (AvgIpc) is 3.14. The fraction of sp³-hybridized carbons (Fsp3) is 0.125. The minimum absolute atomic E-state index is 0.206. The first-order valence-corrected chi connectivity index (χ1v) is 7.61. The van der Waals surface area contributed by atoms with Crippen LogP contribution in [0.2, 0.25) is 0 Å². The van der Waals surface area contributed by atoms with Crippen molar-refractivity contribution in [2.24, 2.45) is 0 Å². The zero-order valence-electron chi connectivity index (χ0n) is 11.2. The first-order chi connectivity index (χ1) is 10.3. The van der Waals surface area contributed by atoms with Crippen molar-refractivity contribution >= 4 is 17.4 Å². The Hall–Kier alpha value is -2.27. The Morgan fingerprint density at radius 1 is 1.10 bits per heavy atom. The molecular formula is C16H13N3OS. The van der Waals surface area contributed by atoms with Crippen LogP contribution in [-0.4, -0.2) is 10.1 Å². The third-order valence-electron chi connectivity index (χ3n) is 3.53. The maximum absolute atomic E-state index is 5.69. The Kier molecular flexibility index (Phi) is 2.93. The molecule has 0 amide bonds. The SMILES string of the molecule is Nc1ccc(-c2noc(C3Cc4ccccc4S3)n2)cc1. The minimum Gasteiger partial charge on any atom is -0.399 e. The van der Waals surface area contributed by atoms with Crippen LogP contribution in [0.5, 0.6) is 0 Å². The third kappa shape index (κ3) is 2.29. The van der Waals surface area contributed by atoms with Crippen LogP contribution in [0, 0.1) is 0 Å². The van der Waals surface area contributed by atoms with Crippen molar-refractivity contribution in [1.29, 1.82) is 0 Å². The lowest BCUT2D eigenvalue weighted by molar-refractivity contribution is 0.377. The molecule has 2 N–H and O–H groups in total. The van der Waals surface area contributed by atoms with E-state index in [4.69, 9.17) is 10.3 Å². The lowest BCUT2D eigenvalue weighted by Crippen LogP contribution is -1.92. The summed E-state index contributed by atoms with van der Waals surface area (Å²) in [5.41, 5.74) is 8.68. The summed E-state index contributed by atoms with van der Waals surface area (Å²) >= 11 is 1.78. The highest BCUT2D eigenvalue weighted by Gasteiger charge is 2.28. The maximum atomic E-state index is 5.69. The number of benzene rings is 2. The highest BCUT2D eigenvalue weighted by Crippen LogP contribution is 2.45. The third-order valence-corrected chi connectivity index (χ3v) is 4.84. The van der Waals surface area contributed by atoms with E-state index >= 15 is 0 Å². The molecule has 1 aliphatic heterocycles. The Morgan fingerprint density at radius 3 is 2.71 bits per heavy atom. The van der Waals surface area contributed by atoms with Gasteiger partial charge in [0.25, 0.3) is 0 Å². The quantitative estimate of drug-likeness (QED) is 0.730. The standard InChI is InChI=1S/C16H13N3OS/c17-12-7-5-10(6-8-12)15-18-16(20-19-15)14-9-11-3-1-2-4-13(11)21-14/h1-8,14H,9,17H2. The molecule has 1 atom stereocenters. The van der Waals surface area contributed by atoms with Crippen molar-refractivity contribution in [3.05, 3.63) is 60.0 Å². The van der Waals surface area contributed by atoms with Crippen molar-refractivity contribution in [3.63, 3.8) is 0 Å². The fourth-order valence-electron chi connectivity index (χ4n) is 2.44. The molecule has 4 nitrogen and oxygen atoms in total. The van der Waals surface area contributed by atoms with Crippen LogP contribution in [0.1, 0.15) is 16.7 Å². The van der Waals surface area contributed by atoms with Gasteiger partial charge >= 0.3 is 0 Å². The molecule has 4 rings (SSSR count). The van der Waals surface area contributed by atoms with Gasteiger partial charge in [-0.25, -0.2) is 0 Å². The lowest BCUT2D eigenvalue weighted by atomic mass is 10.1. The van der Waals surface area contributed by atoms with Gasteiger partial charge in [-0.2, -0.15) is 4.98 Å². The number of nitrogens with zero attached hydrogens (tertiary/aromatic N) is 2. The van der Waals surface area contributed by atoms with Crippen LogP contribution >= 0.6 is 11.8 Å². The second kappa shape index (κ2) is 4.93. The predicted octanol–water partition coefficient (Wildman–Crippen LogP) is 3.71. The molecule has 0 aliphatic carbocycles. The molecule has 2 aromatic carbocycles. The highest BCUT2D eigenvalue weighted by atomic mass is 32.2. The van der Waals surface area contributed by atoms with Crippen LogP contribution in [0.25, 0.3) is 11.4 Å². The number of nitrogens with two attached hydrogens (primary N) is 1. The Bertz CT molecular complexity index is 757. The zero-order valence-corrected chi connectivity index (χ0v) is 12.0. The second-order valence-corrected chi connectivity index (χ2v) is 6.24. The van der Waals surface area contributed by atoms with Gasteiger partial charge in [-0.3, -0.25) is 0 Å². The van der Waals surface area contributed by atoms with E-state index in [2.05, 4.69) is 34.4 Å². The van der Waals surface area contributed by atoms with Crippen molar-refractivity contribution in [1.82, 2.24) is 10.1 Å². The number of hydrogen-bond acceptors (Lipinski definition) is 5. The molecule has 5 heteroatoms. The molecular weight excluding hydrogens is 282 g/mol. The normalized spacial score (nSPS) is 16.9. The molecule has 0 fully saturated rings. The van der Waals surface area contributed by atoms with Crippen molar-refractivity contribution in [3.8, 4) is 11.4 Å². The maximum Gasteiger partial charge on any atom is 0.240 e. The molecule has 0 spiro atoms. The smallest absolute Gasteiger partial charge is 0.240 e. The Labute approximate surface area is 126 Å². The van der Waals surface area contributed by atoms with Crippen LogP contribution in [-0.2, 0) is 6.42 Å². The monoisotopic (exact) mass is 295 g/mol. The zero-order chi connectivity index (χ0) is 14.2. The van der Waals surface area contributed by atoms with Gasteiger partial charge in [-0.1, -0.05) is 23.4 Å². The van der Waals surface area contributed by atoms with E-state index in [1.54, 1.807) is 11.8 Å². The summed E-state index contributed by atoms with van der Waals surface area (Å²) in [5.74, 6) is 1.30. The summed E-state index contributed by atoms with van der Waals surface area (Å²) in [7, 11) is 0. The number of fused-ring (bicyclic) bond motifs is 1. The van der Waals surface area contributed by atoms with E-state index in [9.17, 15) is 0 Å². The molecule has 1 aromatic heterocycles. The summed E-state index contributed by atoms with van der Waals surface area (Å²) < 4.78 is 5.45. The van der Waals surface area contributed by atoms with Gasteiger partial charge in [-0.05, 0) is 42.3 Å². The molecule has 0 bridgehead atoms. The molecule has 104 valence electrons. The number of nitrogen functional groups attached to an aromatic ring is 1. The van der Waals surface area contributed by atoms with Gasteiger partial charge in [0.1, 0.15) is 0 Å². The first-order valence-electron chi connectivity index (χ1n) is 6.74. The lowest BCUT2D eigenvalue weighted by Gasteiger charge is -1.99. The van der Waals surface area contributed by atoms with Crippen molar-refractivity contribution in [2.75, 3.05) is 5.73 Å². The summed E-state index contributed by atoms with van der Waals surface area (Å²) in [5, 5.41) is 4.29. The van der Waals surface area contributed by atoms with Gasteiger partial charge in [0.15, 0.2) is 0 Å². The number of thioether (sulfide) groups is 1.